The van der Waals surface area contributed by atoms with Crippen molar-refractivity contribution in [3.05, 3.63) is 47.6 Å². The van der Waals surface area contributed by atoms with Gasteiger partial charge in [0.1, 0.15) is 17.3 Å². The molecule has 210 valence electrons. The molecule has 4 rings (SSSR count). The molecule has 0 radical (unpaired) electrons. The summed E-state index contributed by atoms with van der Waals surface area (Å²) in [5.74, 6) is -1.11. The SMILES string of the molecule is CC(C)(C)OC(=O)CCC(C(N)=O)N1Cc2cc(-c3ncoc3C3=CCN(CC(F)(F)F)CC3)ccc2C1=O. The van der Waals surface area contributed by atoms with E-state index in [-0.39, 0.29) is 38.4 Å². The molecule has 0 fully saturated rings. The minimum absolute atomic E-state index is 0.0315. The van der Waals surface area contributed by atoms with E-state index in [4.69, 9.17) is 14.9 Å². The zero-order valence-corrected chi connectivity index (χ0v) is 22.0. The highest BCUT2D eigenvalue weighted by molar-refractivity contribution is 6.01. The number of hydrogen-bond donors (Lipinski definition) is 1. The van der Waals surface area contributed by atoms with Crippen LogP contribution in [0.25, 0.3) is 16.8 Å². The molecule has 1 atom stereocenters. The number of halogens is 3. The number of nitrogens with two attached hydrogens (primary N) is 1. The number of alkyl halides is 3. The van der Waals surface area contributed by atoms with Crippen molar-refractivity contribution in [3.8, 4) is 11.3 Å². The second-order valence-electron chi connectivity index (χ2n) is 10.7. The Morgan fingerprint density at radius 2 is 1.97 bits per heavy atom. The number of carbonyl (C=O) groups excluding carboxylic acids is 3. The first-order chi connectivity index (χ1) is 18.2. The Balaban J connectivity index is 1.49. The summed E-state index contributed by atoms with van der Waals surface area (Å²) in [7, 11) is 0. The maximum Gasteiger partial charge on any atom is 0.401 e. The third-order valence-corrected chi connectivity index (χ3v) is 6.51. The van der Waals surface area contributed by atoms with Gasteiger partial charge in [0, 0.05) is 37.2 Å². The Kier molecular flexibility index (Phi) is 7.87. The minimum atomic E-state index is -4.26. The number of carbonyl (C=O) groups is 3. The molecule has 12 heteroatoms. The van der Waals surface area contributed by atoms with Gasteiger partial charge >= 0.3 is 12.1 Å². The zero-order chi connectivity index (χ0) is 28.5. The fraction of sp³-hybridized carbons (Fsp3) is 0.481. The van der Waals surface area contributed by atoms with Crippen LogP contribution in [-0.2, 0) is 20.9 Å². The Hall–Kier alpha value is -3.67. The Bertz CT molecular complexity index is 1300. The quantitative estimate of drug-likeness (QED) is 0.497. The van der Waals surface area contributed by atoms with Crippen molar-refractivity contribution >= 4 is 23.4 Å². The van der Waals surface area contributed by atoms with Crippen LogP contribution in [0, 0.1) is 0 Å². The highest BCUT2D eigenvalue weighted by Gasteiger charge is 2.37. The smallest absolute Gasteiger partial charge is 0.401 e. The molecule has 3 heterocycles. The minimum Gasteiger partial charge on any atom is -0.460 e. The number of esters is 1. The molecule has 2 aromatic rings. The second kappa shape index (κ2) is 10.8. The molecule has 1 aromatic carbocycles. The van der Waals surface area contributed by atoms with Crippen molar-refractivity contribution in [2.75, 3.05) is 19.6 Å². The van der Waals surface area contributed by atoms with Crippen LogP contribution in [0.1, 0.15) is 61.7 Å². The van der Waals surface area contributed by atoms with Crippen LogP contribution in [0.15, 0.2) is 35.1 Å². The van der Waals surface area contributed by atoms with E-state index < -0.39 is 36.2 Å². The molecule has 2 aliphatic rings. The van der Waals surface area contributed by atoms with Crippen LogP contribution in [0.2, 0.25) is 0 Å². The maximum absolute atomic E-state index is 13.1. The van der Waals surface area contributed by atoms with Gasteiger partial charge in [0.2, 0.25) is 5.91 Å². The van der Waals surface area contributed by atoms with Crippen LogP contribution in [0.3, 0.4) is 0 Å². The summed E-state index contributed by atoms with van der Waals surface area (Å²) >= 11 is 0. The summed E-state index contributed by atoms with van der Waals surface area (Å²) in [5, 5.41) is 0. The van der Waals surface area contributed by atoms with E-state index in [2.05, 4.69) is 4.98 Å². The Morgan fingerprint density at radius 1 is 1.23 bits per heavy atom. The van der Waals surface area contributed by atoms with Gasteiger partial charge in [-0.15, -0.1) is 0 Å². The van der Waals surface area contributed by atoms with Gasteiger partial charge in [0.15, 0.2) is 12.2 Å². The van der Waals surface area contributed by atoms with Gasteiger partial charge < -0.3 is 19.8 Å². The topological polar surface area (TPSA) is 119 Å². The lowest BCUT2D eigenvalue weighted by molar-refractivity contribution is -0.155. The average Bonchev–Trinajstić information content (AvgIpc) is 3.42. The standard InChI is InChI=1S/C27H31F3N4O5/c1-26(2,3)39-21(35)7-6-20(24(31)36)34-13-18-12-17(4-5-19(18)25(34)37)22-23(38-15-32-22)16-8-10-33(11-9-16)14-27(28,29)30/h4-5,8,12,15,20H,6-7,9-11,13-14H2,1-3H3,(H2,31,36). The number of benzene rings is 1. The lowest BCUT2D eigenvalue weighted by Gasteiger charge is -2.26. The molecule has 2 aliphatic heterocycles. The van der Waals surface area contributed by atoms with Crippen LogP contribution in [0.5, 0.6) is 0 Å². The molecule has 0 aliphatic carbocycles. The molecule has 1 aromatic heterocycles. The van der Waals surface area contributed by atoms with Gasteiger partial charge in [-0.2, -0.15) is 13.2 Å². The van der Waals surface area contributed by atoms with Crippen molar-refractivity contribution in [2.24, 2.45) is 5.73 Å². The van der Waals surface area contributed by atoms with Gasteiger partial charge in [0.25, 0.3) is 5.91 Å². The third kappa shape index (κ3) is 6.86. The van der Waals surface area contributed by atoms with Gasteiger partial charge in [-0.25, -0.2) is 4.98 Å². The first-order valence-corrected chi connectivity index (χ1v) is 12.6. The summed E-state index contributed by atoms with van der Waals surface area (Å²) in [6.45, 7) is 4.73. The van der Waals surface area contributed by atoms with Crippen LogP contribution < -0.4 is 5.73 Å². The van der Waals surface area contributed by atoms with Gasteiger partial charge in [0.05, 0.1) is 6.54 Å². The normalized spacial score (nSPS) is 17.1. The summed E-state index contributed by atoms with van der Waals surface area (Å²) in [6, 6.07) is 4.13. The summed E-state index contributed by atoms with van der Waals surface area (Å²) in [5.41, 5.74) is 7.92. The number of amides is 2. The third-order valence-electron chi connectivity index (χ3n) is 6.51. The Labute approximate surface area is 223 Å². The predicted octanol–water partition coefficient (Wildman–Crippen LogP) is 3.92. The summed E-state index contributed by atoms with van der Waals surface area (Å²) < 4.78 is 49.1. The lowest BCUT2D eigenvalue weighted by Crippen LogP contribution is -2.45. The van der Waals surface area contributed by atoms with Gasteiger partial charge in [-0.1, -0.05) is 12.1 Å². The van der Waals surface area contributed by atoms with E-state index in [0.29, 0.717) is 34.6 Å². The van der Waals surface area contributed by atoms with E-state index in [1.165, 1.54) is 16.2 Å². The van der Waals surface area contributed by atoms with Crippen molar-refractivity contribution in [1.82, 2.24) is 14.8 Å². The zero-order valence-electron chi connectivity index (χ0n) is 22.0. The van der Waals surface area contributed by atoms with Gasteiger partial charge in [-0.05, 0) is 56.9 Å². The molecular formula is C27H31F3N4O5. The highest BCUT2D eigenvalue weighted by Crippen LogP contribution is 2.35. The average molecular weight is 549 g/mol. The first-order valence-electron chi connectivity index (χ1n) is 12.6. The molecule has 1 unspecified atom stereocenters. The van der Waals surface area contributed by atoms with Crippen LogP contribution in [0.4, 0.5) is 13.2 Å². The molecule has 0 saturated carbocycles. The fourth-order valence-corrected chi connectivity index (χ4v) is 4.84. The van der Waals surface area contributed by atoms with Crippen molar-refractivity contribution < 1.29 is 36.7 Å². The number of oxazole rings is 1. The highest BCUT2D eigenvalue weighted by atomic mass is 19.4. The summed E-state index contributed by atoms with van der Waals surface area (Å²) in [4.78, 5) is 44.5. The van der Waals surface area contributed by atoms with E-state index >= 15 is 0 Å². The second-order valence-corrected chi connectivity index (χ2v) is 10.7. The maximum atomic E-state index is 13.1. The van der Waals surface area contributed by atoms with Crippen molar-refractivity contribution in [2.45, 2.75) is 64.4 Å². The number of fused-ring (bicyclic) bond motifs is 1. The van der Waals surface area contributed by atoms with Crippen LogP contribution in [-0.4, -0.2) is 70.0 Å². The molecular weight excluding hydrogens is 517 g/mol. The number of aromatic nitrogens is 1. The molecule has 2 amide bonds. The molecule has 0 saturated heterocycles. The van der Waals surface area contributed by atoms with E-state index in [9.17, 15) is 27.6 Å². The Morgan fingerprint density at radius 3 is 2.59 bits per heavy atom. The largest absolute Gasteiger partial charge is 0.460 e. The molecule has 2 N–H and O–H groups in total. The van der Waals surface area contributed by atoms with E-state index in [0.717, 1.165) is 5.57 Å². The predicted molar refractivity (Wildman–Crippen MR) is 135 cm³/mol. The van der Waals surface area contributed by atoms with E-state index in [1.807, 2.05) is 0 Å². The number of ether oxygens (including phenoxy) is 1. The fourth-order valence-electron chi connectivity index (χ4n) is 4.84. The van der Waals surface area contributed by atoms with Crippen molar-refractivity contribution in [1.29, 1.82) is 0 Å². The van der Waals surface area contributed by atoms with E-state index in [1.54, 1.807) is 45.0 Å². The number of hydrogen-bond acceptors (Lipinski definition) is 7. The monoisotopic (exact) mass is 548 g/mol. The molecule has 0 bridgehead atoms. The molecule has 9 nitrogen and oxygen atoms in total. The summed E-state index contributed by atoms with van der Waals surface area (Å²) in [6.07, 6.45) is -0.953. The number of rotatable bonds is 8. The number of nitrogens with zero attached hydrogens (tertiary/aromatic N) is 3. The first kappa shape index (κ1) is 28.3. The lowest BCUT2D eigenvalue weighted by atomic mass is 9.98. The van der Waals surface area contributed by atoms with Gasteiger partial charge in [-0.3, -0.25) is 19.3 Å². The molecule has 0 spiro atoms. The molecule has 39 heavy (non-hydrogen) atoms. The number of primary amides is 1. The van der Waals surface area contributed by atoms with Crippen molar-refractivity contribution in [3.63, 3.8) is 0 Å². The van der Waals surface area contributed by atoms with Crippen LogP contribution >= 0.6 is 0 Å².